The number of aromatic nitrogens is 2. The summed E-state index contributed by atoms with van der Waals surface area (Å²) in [5, 5.41) is 8.13. The first-order valence-corrected chi connectivity index (χ1v) is 8.37. The average Bonchev–Trinajstić information content (AvgIpc) is 2.73. The lowest BCUT2D eigenvalue weighted by atomic mass is 10.1. The molecule has 0 amide bonds. The summed E-state index contributed by atoms with van der Waals surface area (Å²) >= 11 is 3.70. The summed E-state index contributed by atoms with van der Waals surface area (Å²) in [4.78, 5) is 0. The van der Waals surface area contributed by atoms with Crippen LogP contribution in [0.1, 0.15) is 49.3 Å². The van der Waals surface area contributed by atoms with Crippen molar-refractivity contribution in [2.45, 2.75) is 47.1 Å². The quantitative estimate of drug-likeness (QED) is 0.861. The van der Waals surface area contributed by atoms with E-state index in [0.29, 0.717) is 6.04 Å². The lowest BCUT2D eigenvalue weighted by molar-refractivity contribution is 0.597. The number of benzene rings is 1. The van der Waals surface area contributed by atoms with Crippen LogP contribution in [0.5, 0.6) is 0 Å². The molecule has 0 aliphatic carbocycles. The number of hydrogen-bond donors (Lipinski definition) is 1. The van der Waals surface area contributed by atoms with Crippen LogP contribution in [0, 0.1) is 13.8 Å². The highest BCUT2D eigenvalue weighted by Crippen LogP contribution is 2.27. The number of aryl methyl sites for hydroxylation is 1. The normalized spacial score (nSPS) is 12.7. The molecule has 2 aromatic rings. The molecule has 1 aromatic carbocycles. The van der Waals surface area contributed by atoms with Crippen LogP contribution in [0.25, 0.3) is 5.69 Å². The molecule has 21 heavy (non-hydrogen) atoms. The highest BCUT2D eigenvalue weighted by atomic mass is 79.9. The maximum atomic E-state index is 4.69. The van der Waals surface area contributed by atoms with Crippen LogP contribution in [-0.4, -0.2) is 16.3 Å². The zero-order valence-electron chi connectivity index (χ0n) is 13.5. The zero-order valence-corrected chi connectivity index (χ0v) is 15.1. The number of nitrogens with zero attached hydrogens (tertiary/aromatic N) is 2. The Morgan fingerprint density at radius 3 is 2.52 bits per heavy atom. The summed E-state index contributed by atoms with van der Waals surface area (Å²) in [7, 11) is 0. The van der Waals surface area contributed by atoms with E-state index in [2.05, 4.69) is 74.1 Å². The van der Waals surface area contributed by atoms with Gasteiger partial charge < -0.3 is 5.32 Å². The Kier molecular flexibility index (Phi) is 5.22. The van der Waals surface area contributed by atoms with E-state index in [4.69, 9.17) is 5.10 Å². The predicted octanol–water partition coefficient (Wildman–Crippen LogP) is 4.48. The average molecular weight is 350 g/mol. The molecule has 0 saturated heterocycles. The molecular formula is C17H24BrN3. The third-order valence-electron chi connectivity index (χ3n) is 4.00. The van der Waals surface area contributed by atoms with E-state index in [1.54, 1.807) is 0 Å². The smallest absolute Gasteiger partial charge is 0.0791 e. The van der Waals surface area contributed by atoms with Gasteiger partial charge in [0.05, 0.1) is 11.4 Å². The van der Waals surface area contributed by atoms with Crippen molar-refractivity contribution in [3.05, 3.63) is 45.2 Å². The lowest BCUT2D eigenvalue weighted by Gasteiger charge is -2.15. The maximum Gasteiger partial charge on any atom is 0.0791 e. The van der Waals surface area contributed by atoms with E-state index >= 15 is 0 Å². The fourth-order valence-electron chi connectivity index (χ4n) is 2.81. The van der Waals surface area contributed by atoms with Crippen molar-refractivity contribution in [1.29, 1.82) is 0 Å². The van der Waals surface area contributed by atoms with E-state index in [0.717, 1.165) is 28.8 Å². The minimum absolute atomic E-state index is 0.354. The van der Waals surface area contributed by atoms with Crippen molar-refractivity contribution in [3.8, 4) is 5.69 Å². The summed E-state index contributed by atoms with van der Waals surface area (Å²) in [6, 6.07) is 6.86. The summed E-state index contributed by atoms with van der Waals surface area (Å²) < 4.78 is 3.12. The molecule has 0 aliphatic rings. The summed E-state index contributed by atoms with van der Waals surface area (Å²) in [5.74, 6) is 0. The molecule has 0 radical (unpaired) electrons. The fourth-order valence-corrected chi connectivity index (χ4v) is 3.37. The van der Waals surface area contributed by atoms with E-state index < -0.39 is 0 Å². The van der Waals surface area contributed by atoms with Crippen molar-refractivity contribution >= 4 is 15.9 Å². The molecule has 2 rings (SSSR count). The van der Waals surface area contributed by atoms with Crippen molar-refractivity contribution in [1.82, 2.24) is 15.1 Å². The van der Waals surface area contributed by atoms with Crippen LogP contribution in [0.4, 0.5) is 0 Å². The van der Waals surface area contributed by atoms with Gasteiger partial charge in [-0.15, -0.1) is 0 Å². The first-order chi connectivity index (χ1) is 9.99. The minimum atomic E-state index is 0.354. The van der Waals surface area contributed by atoms with Gasteiger partial charge in [-0.05, 0) is 72.9 Å². The fraction of sp³-hybridized carbons (Fsp3) is 0.471. The van der Waals surface area contributed by atoms with E-state index in [9.17, 15) is 0 Å². The van der Waals surface area contributed by atoms with Gasteiger partial charge in [-0.25, -0.2) is 4.68 Å². The Morgan fingerprint density at radius 2 is 2.00 bits per heavy atom. The van der Waals surface area contributed by atoms with Gasteiger partial charge in [0, 0.05) is 16.2 Å². The topological polar surface area (TPSA) is 29.9 Å². The van der Waals surface area contributed by atoms with Crippen LogP contribution in [0.2, 0.25) is 0 Å². The summed E-state index contributed by atoms with van der Waals surface area (Å²) in [5.41, 5.74) is 6.06. The first kappa shape index (κ1) is 16.2. The molecule has 0 fully saturated rings. The largest absolute Gasteiger partial charge is 0.310 e. The van der Waals surface area contributed by atoms with Gasteiger partial charge in [-0.3, -0.25) is 0 Å². The summed E-state index contributed by atoms with van der Waals surface area (Å²) in [6.45, 7) is 11.7. The molecule has 1 atom stereocenters. The summed E-state index contributed by atoms with van der Waals surface area (Å²) in [6.07, 6.45) is 1.02. The lowest BCUT2D eigenvalue weighted by Crippen LogP contribution is -2.17. The minimum Gasteiger partial charge on any atom is -0.310 e. The Hall–Kier alpha value is -1.13. The maximum absolute atomic E-state index is 4.69. The Balaban J connectivity index is 2.42. The second-order valence-electron chi connectivity index (χ2n) is 5.40. The van der Waals surface area contributed by atoms with Crippen LogP contribution in [-0.2, 0) is 6.42 Å². The Morgan fingerprint density at radius 1 is 1.29 bits per heavy atom. The molecule has 1 N–H and O–H groups in total. The molecular weight excluding hydrogens is 326 g/mol. The molecule has 0 bridgehead atoms. The molecule has 114 valence electrons. The molecule has 1 heterocycles. The zero-order chi connectivity index (χ0) is 15.6. The third-order valence-corrected chi connectivity index (χ3v) is 4.64. The molecule has 0 aliphatic heterocycles. The predicted molar refractivity (Wildman–Crippen MR) is 92.2 cm³/mol. The SMILES string of the molecule is CCNC(C)c1ccc(-n2nc(C)c(CC)c2C)c(Br)c1. The molecule has 3 nitrogen and oxygen atoms in total. The number of hydrogen-bond acceptors (Lipinski definition) is 2. The van der Waals surface area contributed by atoms with Gasteiger partial charge >= 0.3 is 0 Å². The van der Waals surface area contributed by atoms with E-state index in [-0.39, 0.29) is 0 Å². The van der Waals surface area contributed by atoms with Crippen LogP contribution >= 0.6 is 15.9 Å². The van der Waals surface area contributed by atoms with Crippen molar-refractivity contribution in [2.24, 2.45) is 0 Å². The first-order valence-electron chi connectivity index (χ1n) is 7.57. The monoisotopic (exact) mass is 349 g/mol. The standard InChI is InChI=1S/C17H24BrN3/c1-6-15-12(4)20-21(13(15)5)17-9-8-14(10-16(17)18)11(3)19-7-2/h8-11,19H,6-7H2,1-5H3. The van der Waals surface area contributed by atoms with Crippen molar-refractivity contribution in [2.75, 3.05) is 6.54 Å². The van der Waals surface area contributed by atoms with Crippen molar-refractivity contribution in [3.63, 3.8) is 0 Å². The molecule has 0 spiro atoms. The molecule has 4 heteroatoms. The van der Waals surface area contributed by atoms with Crippen LogP contribution < -0.4 is 5.32 Å². The molecule has 1 aromatic heterocycles. The Bertz CT molecular complexity index is 631. The van der Waals surface area contributed by atoms with Gasteiger partial charge in [0.25, 0.3) is 0 Å². The highest BCUT2D eigenvalue weighted by molar-refractivity contribution is 9.10. The van der Waals surface area contributed by atoms with Crippen LogP contribution in [0.3, 0.4) is 0 Å². The van der Waals surface area contributed by atoms with Gasteiger partial charge in [0.1, 0.15) is 0 Å². The number of halogens is 1. The Labute approximate surface area is 135 Å². The number of nitrogens with one attached hydrogen (secondary N) is 1. The van der Waals surface area contributed by atoms with Gasteiger partial charge in [0.2, 0.25) is 0 Å². The van der Waals surface area contributed by atoms with Gasteiger partial charge in [-0.1, -0.05) is 19.9 Å². The second kappa shape index (κ2) is 6.75. The van der Waals surface area contributed by atoms with Gasteiger partial charge in [-0.2, -0.15) is 5.10 Å². The van der Waals surface area contributed by atoms with Crippen molar-refractivity contribution < 1.29 is 0 Å². The van der Waals surface area contributed by atoms with E-state index in [1.165, 1.54) is 16.8 Å². The third kappa shape index (κ3) is 3.22. The second-order valence-corrected chi connectivity index (χ2v) is 6.26. The number of rotatable bonds is 5. The molecule has 1 unspecified atom stereocenters. The van der Waals surface area contributed by atoms with E-state index in [1.807, 2.05) is 4.68 Å². The molecule has 0 saturated carbocycles. The van der Waals surface area contributed by atoms with Crippen LogP contribution in [0.15, 0.2) is 22.7 Å². The van der Waals surface area contributed by atoms with Gasteiger partial charge in [0.15, 0.2) is 0 Å². The highest BCUT2D eigenvalue weighted by Gasteiger charge is 2.14.